The first kappa shape index (κ1) is 19.2. The lowest BCUT2D eigenvalue weighted by Gasteiger charge is -2.05. The second-order valence-electron chi connectivity index (χ2n) is 5.13. The van der Waals surface area contributed by atoms with Crippen molar-refractivity contribution in [2.45, 2.75) is 24.3 Å². The lowest BCUT2D eigenvalue weighted by atomic mass is 10.1. The number of carbonyl (C=O) groups excluding carboxylic acids is 1. The van der Waals surface area contributed by atoms with Crippen LogP contribution in [0.2, 0.25) is 0 Å². The summed E-state index contributed by atoms with van der Waals surface area (Å²) in [6, 6.07) is 17.5. The Morgan fingerprint density at radius 2 is 1.88 bits per heavy atom. The molecule has 0 unspecified atom stereocenters. The van der Waals surface area contributed by atoms with Gasteiger partial charge in [-0.15, -0.1) is 0 Å². The summed E-state index contributed by atoms with van der Waals surface area (Å²) >= 11 is 3.01. The summed E-state index contributed by atoms with van der Waals surface area (Å²) in [5.74, 6) is 0.773. The van der Waals surface area contributed by atoms with Gasteiger partial charge >= 0.3 is 0 Å². The van der Waals surface area contributed by atoms with Gasteiger partial charge in [0.15, 0.2) is 0 Å². The molecule has 2 aromatic carbocycles. The van der Waals surface area contributed by atoms with Crippen molar-refractivity contribution in [2.75, 3.05) is 5.75 Å². The maximum atomic E-state index is 12.3. The molecule has 0 heterocycles. The molecule has 0 aliphatic carbocycles. The summed E-state index contributed by atoms with van der Waals surface area (Å²) < 4.78 is 0. The van der Waals surface area contributed by atoms with Crippen LogP contribution in [0.5, 0.6) is 0 Å². The minimum absolute atomic E-state index is 0.0337. The van der Waals surface area contributed by atoms with Crippen molar-refractivity contribution in [3.63, 3.8) is 0 Å². The first-order valence-corrected chi connectivity index (χ1v) is 9.80. The van der Waals surface area contributed by atoms with E-state index < -0.39 is 0 Å². The number of thioether (sulfide) groups is 2. The second-order valence-corrected chi connectivity index (χ2v) is 7.17. The van der Waals surface area contributed by atoms with Gasteiger partial charge in [-0.3, -0.25) is 4.79 Å². The monoisotopic (exact) mass is 369 g/mol. The molecule has 128 valence electrons. The van der Waals surface area contributed by atoms with Crippen LogP contribution in [0.1, 0.15) is 28.8 Å². The smallest absolute Gasteiger partial charge is 0.219 e. The van der Waals surface area contributed by atoms with Gasteiger partial charge in [-0.05, 0) is 41.5 Å². The van der Waals surface area contributed by atoms with E-state index in [0.717, 1.165) is 24.2 Å². The highest BCUT2D eigenvalue weighted by atomic mass is 32.2. The zero-order chi connectivity index (χ0) is 17.7. The Morgan fingerprint density at radius 1 is 1.12 bits per heavy atom. The topological polar surface area (TPSA) is 65.8 Å². The van der Waals surface area contributed by atoms with Crippen LogP contribution in [0, 0.1) is 0 Å². The van der Waals surface area contributed by atoms with Crippen LogP contribution in [0.25, 0.3) is 10.4 Å². The van der Waals surface area contributed by atoms with E-state index in [2.05, 4.69) is 33.6 Å². The van der Waals surface area contributed by atoms with Crippen molar-refractivity contribution in [1.29, 1.82) is 0 Å². The maximum absolute atomic E-state index is 12.3. The van der Waals surface area contributed by atoms with Crippen LogP contribution in [0.15, 0.2) is 76.1 Å². The second kappa shape index (κ2) is 11.4. The average Bonchev–Trinajstić information content (AvgIpc) is 2.66. The minimum atomic E-state index is 0.0337. The van der Waals surface area contributed by atoms with Crippen molar-refractivity contribution in [1.82, 2.24) is 0 Å². The number of hydrogen-bond acceptors (Lipinski definition) is 4. The normalized spacial score (nSPS) is 10.6. The zero-order valence-electron chi connectivity index (χ0n) is 13.7. The van der Waals surface area contributed by atoms with Crippen LogP contribution < -0.4 is 0 Å². The SMILES string of the molecule is [N-]=[N+]=NCc1ccccc1C(=O)SCCC/C=C/Sc1ccccc1. The Labute approximate surface area is 156 Å². The Hall–Kier alpha value is -2.14. The van der Waals surface area contributed by atoms with Gasteiger partial charge in [-0.25, -0.2) is 0 Å². The third-order valence-corrected chi connectivity index (χ3v) is 5.18. The highest BCUT2D eigenvalue weighted by Crippen LogP contribution is 2.20. The Morgan fingerprint density at radius 3 is 2.68 bits per heavy atom. The number of nitrogens with zero attached hydrogens (tertiary/aromatic N) is 3. The van der Waals surface area contributed by atoms with E-state index in [4.69, 9.17) is 5.53 Å². The molecule has 6 heteroatoms. The summed E-state index contributed by atoms with van der Waals surface area (Å²) in [5.41, 5.74) is 9.84. The van der Waals surface area contributed by atoms with Gasteiger partial charge in [0.1, 0.15) is 0 Å². The molecule has 0 saturated heterocycles. The first-order valence-electron chi connectivity index (χ1n) is 7.94. The van der Waals surface area contributed by atoms with E-state index in [9.17, 15) is 4.79 Å². The van der Waals surface area contributed by atoms with Gasteiger partial charge in [0.2, 0.25) is 5.12 Å². The Kier molecular flexibility index (Phi) is 8.77. The molecule has 2 aromatic rings. The highest BCUT2D eigenvalue weighted by molar-refractivity contribution is 8.14. The molecule has 4 nitrogen and oxygen atoms in total. The number of rotatable bonds is 9. The molecule has 0 saturated carbocycles. The van der Waals surface area contributed by atoms with Gasteiger partial charge in [-0.1, -0.05) is 77.2 Å². The maximum Gasteiger partial charge on any atom is 0.219 e. The van der Waals surface area contributed by atoms with E-state index in [1.165, 1.54) is 16.7 Å². The van der Waals surface area contributed by atoms with Crippen LogP contribution in [-0.4, -0.2) is 10.9 Å². The quantitative estimate of drug-likeness (QED) is 0.167. The van der Waals surface area contributed by atoms with E-state index in [0.29, 0.717) is 5.56 Å². The number of benzene rings is 2. The number of hydrogen-bond donors (Lipinski definition) is 0. The molecule has 0 N–H and O–H groups in total. The summed E-state index contributed by atoms with van der Waals surface area (Å²) in [5, 5.41) is 5.68. The van der Waals surface area contributed by atoms with Crippen molar-refractivity contribution in [2.24, 2.45) is 5.11 Å². The molecule has 0 radical (unpaired) electrons. The van der Waals surface area contributed by atoms with Gasteiger partial charge in [-0.2, -0.15) is 0 Å². The van der Waals surface area contributed by atoms with Gasteiger partial charge in [0.25, 0.3) is 0 Å². The van der Waals surface area contributed by atoms with Crippen molar-refractivity contribution < 1.29 is 4.79 Å². The van der Waals surface area contributed by atoms with E-state index in [1.807, 2.05) is 36.4 Å². The molecule has 0 spiro atoms. The molecule has 0 amide bonds. The molecular weight excluding hydrogens is 350 g/mol. The summed E-state index contributed by atoms with van der Waals surface area (Å²) in [7, 11) is 0. The van der Waals surface area contributed by atoms with Crippen molar-refractivity contribution >= 4 is 28.6 Å². The molecule has 2 rings (SSSR count). The summed E-state index contributed by atoms with van der Waals surface area (Å²) in [6.45, 7) is 0.207. The number of allylic oxidation sites excluding steroid dienone is 1. The van der Waals surface area contributed by atoms with E-state index in [-0.39, 0.29) is 11.7 Å². The molecule has 0 atom stereocenters. The fourth-order valence-corrected chi connectivity index (χ4v) is 3.66. The third kappa shape index (κ3) is 7.10. The Bertz CT molecular complexity index is 756. The molecule has 0 bridgehead atoms. The van der Waals surface area contributed by atoms with Gasteiger partial charge < -0.3 is 0 Å². The molecule has 0 aliphatic rings. The fraction of sp³-hybridized carbons (Fsp3) is 0.211. The van der Waals surface area contributed by atoms with Crippen LogP contribution in [-0.2, 0) is 6.54 Å². The molecule has 25 heavy (non-hydrogen) atoms. The lowest BCUT2D eigenvalue weighted by molar-refractivity contribution is 0.108. The van der Waals surface area contributed by atoms with Crippen LogP contribution >= 0.6 is 23.5 Å². The summed E-state index contributed by atoms with van der Waals surface area (Å²) in [6.07, 6.45) is 4.03. The number of unbranched alkanes of at least 4 members (excludes halogenated alkanes) is 1. The predicted octanol–water partition coefficient (Wildman–Crippen LogP) is 6.46. The first-order chi connectivity index (χ1) is 12.3. The van der Waals surface area contributed by atoms with Crippen molar-refractivity contribution in [3.05, 3.63) is 87.7 Å². The minimum Gasteiger partial charge on any atom is -0.282 e. The Balaban J connectivity index is 1.71. The number of azide groups is 1. The molecule has 0 aliphatic heterocycles. The lowest BCUT2D eigenvalue weighted by Crippen LogP contribution is -2.00. The van der Waals surface area contributed by atoms with Crippen LogP contribution in [0.4, 0.5) is 0 Å². The largest absolute Gasteiger partial charge is 0.282 e. The third-order valence-electron chi connectivity index (χ3n) is 3.33. The predicted molar refractivity (Wildman–Crippen MR) is 107 cm³/mol. The highest BCUT2D eigenvalue weighted by Gasteiger charge is 2.10. The van der Waals surface area contributed by atoms with E-state index in [1.54, 1.807) is 17.8 Å². The molecule has 0 aromatic heterocycles. The van der Waals surface area contributed by atoms with E-state index >= 15 is 0 Å². The molecule has 0 fully saturated rings. The molecular formula is C19H19N3OS2. The fourth-order valence-electron chi connectivity index (χ4n) is 2.10. The van der Waals surface area contributed by atoms with Gasteiger partial charge in [0, 0.05) is 21.1 Å². The number of carbonyl (C=O) groups is 1. The van der Waals surface area contributed by atoms with Crippen LogP contribution in [0.3, 0.4) is 0 Å². The van der Waals surface area contributed by atoms with Gasteiger partial charge in [0.05, 0.1) is 6.54 Å². The average molecular weight is 370 g/mol. The standard InChI is InChI=1S/C19H19N3OS2/c20-22-21-15-16-9-5-6-12-18(16)19(23)25-14-8-2-7-13-24-17-10-3-1-4-11-17/h1,3-7,9-13H,2,8,14-15H2/b13-7+. The summed E-state index contributed by atoms with van der Waals surface area (Å²) in [4.78, 5) is 16.3. The zero-order valence-corrected chi connectivity index (χ0v) is 15.4. The van der Waals surface area contributed by atoms with Crippen molar-refractivity contribution in [3.8, 4) is 0 Å².